The van der Waals surface area contributed by atoms with Gasteiger partial charge >= 0.3 is 5.97 Å². The molecule has 0 aliphatic carbocycles. The van der Waals surface area contributed by atoms with Gasteiger partial charge in [0.1, 0.15) is 5.82 Å². The third-order valence-corrected chi connectivity index (χ3v) is 2.95. The molecule has 0 aliphatic rings. The maximum atomic E-state index is 13.3. The molecular formula is C14H9ClFNO3. The van der Waals surface area contributed by atoms with Crippen molar-refractivity contribution in [3.05, 3.63) is 64.4 Å². The second kappa shape index (κ2) is 5.71. The van der Waals surface area contributed by atoms with Gasteiger partial charge in [0.05, 0.1) is 16.1 Å². The first-order valence-corrected chi connectivity index (χ1v) is 5.95. The van der Waals surface area contributed by atoms with Gasteiger partial charge in [0.25, 0.3) is 5.91 Å². The Hall–Kier alpha value is -2.40. The van der Waals surface area contributed by atoms with Crippen molar-refractivity contribution in [2.75, 3.05) is 5.32 Å². The maximum absolute atomic E-state index is 13.3. The molecule has 0 aliphatic heterocycles. The molecule has 1 amide bonds. The molecule has 0 aromatic heterocycles. The van der Waals surface area contributed by atoms with Crippen LogP contribution in [0.2, 0.25) is 5.02 Å². The van der Waals surface area contributed by atoms with Crippen LogP contribution in [-0.4, -0.2) is 17.0 Å². The molecule has 102 valence electrons. The summed E-state index contributed by atoms with van der Waals surface area (Å²) in [7, 11) is 0. The number of benzene rings is 2. The van der Waals surface area contributed by atoms with Crippen LogP contribution in [0.1, 0.15) is 20.7 Å². The highest BCUT2D eigenvalue weighted by atomic mass is 35.5. The molecule has 2 N–H and O–H groups in total. The lowest BCUT2D eigenvalue weighted by atomic mass is 10.1. The number of carbonyl (C=O) groups is 2. The van der Waals surface area contributed by atoms with E-state index in [0.717, 1.165) is 6.07 Å². The van der Waals surface area contributed by atoms with E-state index in [-0.39, 0.29) is 21.8 Å². The topological polar surface area (TPSA) is 66.4 Å². The summed E-state index contributed by atoms with van der Waals surface area (Å²) in [6, 6.07) is 9.60. The van der Waals surface area contributed by atoms with E-state index < -0.39 is 17.7 Å². The van der Waals surface area contributed by atoms with Gasteiger partial charge in [-0.3, -0.25) is 4.79 Å². The molecular weight excluding hydrogens is 285 g/mol. The van der Waals surface area contributed by atoms with Crippen LogP contribution >= 0.6 is 11.6 Å². The van der Waals surface area contributed by atoms with E-state index in [4.69, 9.17) is 16.7 Å². The van der Waals surface area contributed by atoms with Crippen molar-refractivity contribution in [1.82, 2.24) is 0 Å². The van der Waals surface area contributed by atoms with Gasteiger partial charge in [-0.1, -0.05) is 23.7 Å². The fraction of sp³-hybridized carbons (Fsp3) is 0. The summed E-state index contributed by atoms with van der Waals surface area (Å²) < 4.78 is 13.3. The smallest absolute Gasteiger partial charge is 0.335 e. The molecule has 0 fully saturated rings. The second-order valence-corrected chi connectivity index (χ2v) is 4.32. The molecule has 4 nitrogen and oxygen atoms in total. The van der Waals surface area contributed by atoms with Crippen LogP contribution in [0.5, 0.6) is 0 Å². The molecule has 0 spiro atoms. The zero-order chi connectivity index (χ0) is 14.7. The van der Waals surface area contributed by atoms with E-state index in [1.54, 1.807) is 0 Å². The molecule has 2 aromatic rings. The minimum atomic E-state index is -1.11. The number of hydrogen-bond donors (Lipinski definition) is 2. The third-order valence-electron chi connectivity index (χ3n) is 2.56. The van der Waals surface area contributed by atoms with Gasteiger partial charge in [0.15, 0.2) is 0 Å². The average Bonchev–Trinajstić information content (AvgIpc) is 2.42. The fourth-order valence-corrected chi connectivity index (χ4v) is 1.82. The number of halogens is 2. The van der Waals surface area contributed by atoms with E-state index in [2.05, 4.69) is 5.32 Å². The summed E-state index contributed by atoms with van der Waals surface area (Å²) in [4.78, 5) is 22.8. The third kappa shape index (κ3) is 2.95. The van der Waals surface area contributed by atoms with Crippen LogP contribution in [0.4, 0.5) is 10.1 Å². The zero-order valence-corrected chi connectivity index (χ0v) is 10.8. The van der Waals surface area contributed by atoms with Crippen LogP contribution in [0, 0.1) is 5.82 Å². The van der Waals surface area contributed by atoms with Gasteiger partial charge < -0.3 is 10.4 Å². The normalized spacial score (nSPS) is 10.1. The van der Waals surface area contributed by atoms with Crippen LogP contribution in [0.15, 0.2) is 42.5 Å². The van der Waals surface area contributed by atoms with Crippen molar-refractivity contribution in [2.24, 2.45) is 0 Å². The summed E-state index contributed by atoms with van der Waals surface area (Å²) in [5, 5.41) is 11.0. The van der Waals surface area contributed by atoms with Gasteiger partial charge in [-0.05, 0) is 30.3 Å². The molecule has 0 saturated heterocycles. The van der Waals surface area contributed by atoms with Gasteiger partial charge in [0, 0.05) is 5.69 Å². The standard InChI is InChI=1S/C14H9ClFNO3/c15-12-10(5-2-6-11(12)16)13(18)17-9-4-1-3-8(7-9)14(19)20/h1-7H,(H,17,18)(H,19,20). The molecule has 0 radical (unpaired) electrons. The van der Waals surface area contributed by atoms with Crippen molar-refractivity contribution in [3.63, 3.8) is 0 Å². The van der Waals surface area contributed by atoms with Gasteiger partial charge in [-0.25, -0.2) is 9.18 Å². The Labute approximate surface area is 118 Å². The molecule has 0 unspecified atom stereocenters. The van der Waals surface area contributed by atoms with Crippen molar-refractivity contribution in [2.45, 2.75) is 0 Å². The largest absolute Gasteiger partial charge is 0.478 e. The van der Waals surface area contributed by atoms with Gasteiger partial charge in [0.2, 0.25) is 0 Å². The zero-order valence-electron chi connectivity index (χ0n) is 10.1. The van der Waals surface area contributed by atoms with Gasteiger partial charge in [-0.15, -0.1) is 0 Å². The first kappa shape index (κ1) is 14.0. The first-order chi connectivity index (χ1) is 9.49. The lowest BCUT2D eigenvalue weighted by molar-refractivity contribution is 0.0696. The predicted molar refractivity (Wildman–Crippen MR) is 72.8 cm³/mol. The number of carboxylic acids is 1. The Morgan fingerprint density at radius 2 is 1.85 bits per heavy atom. The van der Waals surface area contributed by atoms with Crippen molar-refractivity contribution >= 4 is 29.2 Å². The lowest BCUT2D eigenvalue weighted by Crippen LogP contribution is -2.13. The molecule has 20 heavy (non-hydrogen) atoms. The molecule has 0 atom stereocenters. The number of carbonyl (C=O) groups excluding carboxylic acids is 1. The number of rotatable bonds is 3. The maximum Gasteiger partial charge on any atom is 0.335 e. The van der Waals surface area contributed by atoms with Crippen molar-refractivity contribution in [1.29, 1.82) is 0 Å². The SMILES string of the molecule is O=C(O)c1cccc(NC(=O)c2cccc(F)c2Cl)c1. The fourth-order valence-electron chi connectivity index (χ4n) is 1.61. The first-order valence-electron chi connectivity index (χ1n) is 5.58. The Kier molecular flexibility index (Phi) is 4.00. The molecule has 0 bridgehead atoms. The van der Waals surface area contributed by atoms with E-state index in [0.29, 0.717) is 0 Å². The number of hydrogen-bond acceptors (Lipinski definition) is 2. The molecule has 6 heteroatoms. The van der Waals surface area contributed by atoms with E-state index in [1.165, 1.54) is 36.4 Å². The van der Waals surface area contributed by atoms with Gasteiger partial charge in [-0.2, -0.15) is 0 Å². The molecule has 0 heterocycles. The summed E-state index contributed by atoms with van der Waals surface area (Å²) in [5.74, 6) is -2.42. The Morgan fingerprint density at radius 3 is 2.55 bits per heavy atom. The number of nitrogens with one attached hydrogen (secondary N) is 1. The van der Waals surface area contributed by atoms with E-state index >= 15 is 0 Å². The van der Waals surface area contributed by atoms with Crippen LogP contribution in [-0.2, 0) is 0 Å². The van der Waals surface area contributed by atoms with Crippen LogP contribution in [0.25, 0.3) is 0 Å². The monoisotopic (exact) mass is 293 g/mol. The quantitative estimate of drug-likeness (QED) is 0.911. The summed E-state index contributed by atoms with van der Waals surface area (Å²) in [5.41, 5.74) is 0.302. The Balaban J connectivity index is 2.26. The highest BCUT2D eigenvalue weighted by Crippen LogP contribution is 2.21. The Morgan fingerprint density at radius 1 is 1.15 bits per heavy atom. The predicted octanol–water partition coefficient (Wildman–Crippen LogP) is 3.43. The Bertz CT molecular complexity index is 688. The van der Waals surface area contributed by atoms with Crippen molar-refractivity contribution < 1.29 is 19.1 Å². The van der Waals surface area contributed by atoms with Crippen LogP contribution < -0.4 is 5.32 Å². The summed E-state index contributed by atoms with van der Waals surface area (Å²) >= 11 is 5.71. The highest BCUT2D eigenvalue weighted by molar-refractivity contribution is 6.34. The minimum Gasteiger partial charge on any atom is -0.478 e. The number of amides is 1. The highest BCUT2D eigenvalue weighted by Gasteiger charge is 2.14. The minimum absolute atomic E-state index is 0.0209. The number of anilines is 1. The van der Waals surface area contributed by atoms with Crippen molar-refractivity contribution in [3.8, 4) is 0 Å². The average molecular weight is 294 g/mol. The summed E-state index contributed by atoms with van der Waals surface area (Å²) in [6.07, 6.45) is 0. The molecule has 2 rings (SSSR count). The molecule has 0 saturated carbocycles. The van der Waals surface area contributed by atoms with Crippen LogP contribution in [0.3, 0.4) is 0 Å². The lowest BCUT2D eigenvalue weighted by Gasteiger charge is -2.07. The van der Waals surface area contributed by atoms with E-state index in [1.807, 2.05) is 0 Å². The van der Waals surface area contributed by atoms with E-state index in [9.17, 15) is 14.0 Å². The number of carboxylic acid groups (broad SMARTS) is 1. The summed E-state index contributed by atoms with van der Waals surface area (Å²) in [6.45, 7) is 0. The second-order valence-electron chi connectivity index (χ2n) is 3.94. The number of aromatic carboxylic acids is 1. The molecule has 2 aromatic carbocycles.